The maximum atomic E-state index is 5.73. The first-order valence-corrected chi connectivity index (χ1v) is 5.55. The van der Waals surface area contributed by atoms with E-state index in [1.807, 2.05) is 38.5 Å². The summed E-state index contributed by atoms with van der Waals surface area (Å²) in [5.74, 6) is 0. The largest absolute Gasteiger partial charge is 0.368 e. The molecule has 1 heterocycles. The zero-order valence-electron chi connectivity index (χ0n) is 10.2. The molecule has 0 saturated carbocycles. The minimum atomic E-state index is 0.543. The highest BCUT2D eigenvalue weighted by molar-refractivity contribution is 5.53. The van der Waals surface area contributed by atoms with Crippen LogP contribution in [0.1, 0.15) is 11.3 Å². The zero-order chi connectivity index (χ0) is 12.3. The second kappa shape index (κ2) is 4.97. The highest BCUT2D eigenvalue weighted by atomic mass is 15.4. The number of anilines is 1. The van der Waals surface area contributed by atoms with Crippen molar-refractivity contribution in [3.05, 3.63) is 41.7 Å². The van der Waals surface area contributed by atoms with Gasteiger partial charge in [-0.25, -0.2) is 0 Å². The molecular weight excluding hydrogens is 214 g/mol. The van der Waals surface area contributed by atoms with Gasteiger partial charge in [0.1, 0.15) is 5.69 Å². The molecule has 0 radical (unpaired) electrons. The fourth-order valence-electron chi connectivity index (χ4n) is 1.85. The lowest BCUT2D eigenvalue weighted by Gasteiger charge is -2.20. The van der Waals surface area contributed by atoms with E-state index in [9.17, 15) is 0 Å². The van der Waals surface area contributed by atoms with Crippen LogP contribution in [0.4, 0.5) is 5.69 Å². The summed E-state index contributed by atoms with van der Waals surface area (Å²) in [4.78, 5) is 2.13. The number of aryl methyl sites for hydroxylation is 1. The van der Waals surface area contributed by atoms with Crippen molar-refractivity contribution in [2.75, 3.05) is 11.9 Å². The molecular formula is C12H17N5. The van der Waals surface area contributed by atoms with E-state index in [1.165, 1.54) is 0 Å². The summed E-state index contributed by atoms with van der Waals surface area (Å²) in [5, 5.41) is 8.00. The predicted octanol–water partition coefficient (Wildman–Crippen LogP) is 0.910. The Kier molecular flexibility index (Phi) is 3.39. The third kappa shape index (κ3) is 2.62. The Labute approximate surface area is 101 Å². The highest BCUT2D eigenvalue weighted by Crippen LogP contribution is 2.19. The first-order valence-electron chi connectivity index (χ1n) is 5.55. The first kappa shape index (κ1) is 11.6. The smallest absolute Gasteiger partial charge is 0.102 e. The fraction of sp³-hybridized carbons (Fsp3) is 0.333. The predicted molar refractivity (Wildman–Crippen MR) is 67.4 cm³/mol. The van der Waals surface area contributed by atoms with Gasteiger partial charge in [0, 0.05) is 32.5 Å². The summed E-state index contributed by atoms with van der Waals surface area (Å²) >= 11 is 0. The molecule has 2 N–H and O–H groups in total. The molecule has 5 nitrogen and oxygen atoms in total. The Morgan fingerprint density at radius 2 is 2.12 bits per heavy atom. The quantitative estimate of drug-likeness (QED) is 0.849. The monoisotopic (exact) mass is 231 g/mol. The molecule has 17 heavy (non-hydrogen) atoms. The van der Waals surface area contributed by atoms with Crippen molar-refractivity contribution in [3.63, 3.8) is 0 Å². The molecule has 0 fully saturated rings. The molecule has 5 heteroatoms. The van der Waals surface area contributed by atoms with Gasteiger partial charge in [0.15, 0.2) is 0 Å². The minimum Gasteiger partial charge on any atom is -0.368 e. The molecule has 0 saturated heterocycles. The van der Waals surface area contributed by atoms with Crippen molar-refractivity contribution in [2.45, 2.75) is 13.1 Å². The second-order valence-corrected chi connectivity index (χ2v) is 4.07. The number of hydrogen-bond acceptors (Lipinski definition) is 4. The van der Waals surface area contributed by atoms with Crippen molar-refractivity contribution in [2.24, 2.45) is 12.8 Å². The molecule has 0 aliphatic carbocycles. The van der Waals surface area contributed by atoms with Crippen molar-refractivity contribution >= 4 is 5.69 Å². The van der Waals surface area contributed by atoms with Gasteiger partial charge in [-0.05, 0) is 11.6 Å². The molecule has 90 valence electrons. The number of nitrogens with two attached hydrogens (primary N) is 1. The molecule has 0 aliphatic heterocycles. The van der Waals surface area contributed by atoms with Gasteiger partial charge in [-0.3, -0.25) is 4.68 Å². The third-order valence-corrected chi connectivity index (χ3v) is 2.67. The van der Waals surface area contributed by atoms with Crippen LogP contribution in [-0.2, 0) is 20.1 Å². The Hall–Kier alpha value is -1.88. The van der Waals surface area contributed by atoms with Crippen molar-refractivity contribution in [3.8, 4) is 0 Å². The van der Waals surface area contributed by atoms with Crippen LogP contribution < -0.4 is 10.6 Å². The summed E-state index contributed by atoms with van der Waals surface area (Å²) in [6.07, 6.45) is 1.92. The van der Waals surface area contributed by atoms with Crippen LogP contribution >= 0.6 is 0 Å². The van der Waals surface area contributed by atoms with Crippen molar-refractivity contribution in [1.82, 2.24) is 15.0 Å². The van der Waals surface area contributed by atoms with E-state index in [-0.39, 0.29) is 0 Å². The normalized spacial score (nSPS) is 10.5. The summed E-state index contributed by atoms with van der Waals surface area (Å²) in [5.41, 5.74) is 8.95. The van der Waals surface area contributed by atoms with Crippen LogP contribution in [0.25, 0.3) is 0 Å². The molecule has 0 aliphatic rings. The van der Waals surface area contributed by atoms with Gasteiger partial charge in [-0.15, -0.1) is 5.10 Å². The fourth-order valence-corrected chi connectivity index (χ4v) is 1.85. The van der Waals surface area contributed by atoms with Gasteiger partial charge < -0.3 is 10.6 Å². The Morgan fingerprint density at radius 3 is 2.76 bits per heavy atom. The molecule has 2 rings (SSSR count). The number of hydrogen-bond donors (Lipinski definition) is 1. The Balaban J connectivity index is 2.16. The molecule has 0 atom stereocenters. The van der Waals surface area contributed by atoms with Gasteiger partial charge in [0.2, 0.25) is 0 Å². The van der Waals surface area contributed by atoms with Crippen LogP contribution in [0.5, 0.6) is 0 Å². The average molecular weight is 231 g/mol. The van der Waals surface area contributed by atoms with Crippen LogP contribution in [0.15, 0.2) is 30.5 Å². The van der Waals surface area contributed by atoms with E-state index in [4.69, 9.17) is 5.73 Å². The molecule has 2 aromatic rings. The third-order valence-electron chi connectivity index (χ3n) is 2.67. The van der Waals surface area contributed by atoms with Gasteiger partial charge in [-0.1, -0.05) is 23.4 Å². The Bertz CT molecular complexity index is 491. The molecule has 0 unspecified atom stereocenters. The van der Waals surface area contributed by atoms with Crippen LogP contribution in [-0.4, -0.2) is 22.0 Å². The van der Waals surface area contributed by atoms with E-state index in [0.717, 1.165) is 23.5 Å². The van der Waals surface area contributed by atoms with Crippen molar-refractivity contribution in [1.29, 1.82) is 0 Å². The van der Waals surface area contributed by atoms with Crippen LogP contribution in [0, 0.1) is 0 Å². The van der Waals surface area contributed by atoms with E-state index in [1.54, 1.807) is 4.68 Å². The summed E-state index contributed by atoms with van der Waals surface area (Å²) in [7, 11) is 3.90. The molecule has 0 spiro atoms. The van der Waals surface area contributed by atoms with Gasteiger partial charge >= 0.3 is 0 Å². The number of para-hydroxylation sites is 1. The zero-order valence-corrected chi connectivity index (χ0v) is 10.2. The van der Waals surface area contributed by atoms with Crippen LogP contribution in [0.3, 0.4) is 0 Å². The standard InChI is InChI=1S/C12H17N5/c1-16(8-11-9-17(2)15-14-11)12-6-4-3-5-10(12)7-13/h3-6,9H,7-8,13H2,1-2H3. The Morgan fingerprint density at radius 1 is 1.35 bits per heavy atom. The molecule has 1 aromatic heterocycles. The lowest BCUT2D eigenvalue weighted by molar-refractivity contribution is 0.712. The van der Waals surface area contributed by atoms with Gasteiger partial charge in [0.05, 0.1) is 6.54 Å². The first-order chi connectivity index (χ1) is 8.20. The number of rotatable bonds is 4. The van der Waals surface area contributed by atoms with E-state index in [2.05, 4.69) is 21.3 Å². The summed E-state index contributed by atoms with van der Waals surface area (Å²) in [6, 6.07) is 8.13. The lowest BCUT2D eigenvalue weighted by atomic mass is 10.1. The molecule has 1 aromatic carbocycles. The summed E-state index contributed by atoms with van der Waals surface area (Å²) < 4.78 is 1.71. The van der Waals surface area contributed by atoms with E-state index >= 15 is 0 Å². The van der Waals surface area contributed by atoms with Gasteiger partial charge in [-0.2, -0.15) is 0 Å². The van der Waals surface area contributed by atoms with Gasteiger partial charge in [0.25, 0.3) is 0 Å². The van der Waals surface area contributed by atoms with E-state index < -0.39 is 0 Å². The number of aromatic nitrogens is 3. The lowest BCUT2D eigenvalue weighted by Crippen LogP contribution is -2.19. The maximum Gasteiger partial charge on any atom is 0.102 e. The SMILES string of the molecule is CN(Cc1cn(C)nn1)c1ccccc1CN. The number of nitrogens with zero attached hydrogens (tertiary/aromatic N) is 4. The highest BCUT2D eigenvalue weighted by Gasteiger charge is 2.08. The average Bonchev–Trinajstić information content (AvgIpc) is 2.74. The van der Waals surface area contributed by atoms with Crippen molar-refractivity contribution < 1.29 is 0 Å². The van der Waals surface area contributed by atoms with E-state index in [0.29, 0.717) is 6.54 Å². The topological polar surface area (TPSA) is 60.0 Å². The summed E-state index contributed by atoms with van der Waals surface area (Å²) in [6.45, 7) is 1.27. The van der Waals surface area contributed by atoms with Crippen LogP contribution in [0.2, 0.25) is 0 Å². The second-order valence-electron chi connectivity index (χ2n) is 4.07. The molecule has 0 amide bonds. The molecule has 0 bridgehead atoms. The maximum absolute atomic E-state index is 5.73. The minimum absolute atomic E-state index is 0.543. The number of benzene rings is 1.